The summed E-state index contributed by atoms with van der Waals surface area (Å²) in [5, 5.41) is 7.99. The molecule has 0 aliphatic rings. The van der Waals surface area contributed by atoms with Gasteiger partial charge in [0.1, 0.15) is 5.25 Å². The molecule has 0 fully saturated rings. The standard InChI is InChI=1S/C11H13NO3S/c1-7-4-2-3-5-8(7)10(11(12)15)16-6-9(13)14/h2-5,10H,6H2,1H3,(H2,12,15)(H,13,14). The Morgan fingerprint density at radius 1 is 1.44 bits per heavy atom. The predicted octanol–water partition coefficient (Wildman–Crippen LogP) is 1.34. The largest absolute Gasteiger partial charge is 0.481 e. The summed E-state index contributed by atoms with van der Waals surface area (Å²) >= 11 is 1.03. The van der Waals surface area contributed by atoms with Gasteiger partial charge >= 0.3 is 5.97 Å². The fourth-order valence-corrected chi connectivity index (χ4v) is 2.28. The van der Waals surface area contributed by atoms with Gasteiger partial charge in [-0.25, -0.2) is 0 Å². The van der Waals surface area contributed by atoms with E-state index in [1.54, 1.807) is 12.1 Å². The molecular formula is C11H13NO3S. The molecule has 0 bridgehead atoms. The Kier molecular flexibility index (Phi) is 4.37. The molecule has 3 N–H and O–H groups in total. The molecule has 0 saturated carbocycles. The van der Waals surface area contributed by atoms with Crippen molar-refractivity contribution < 1.29 is 14.7 Å². The summed E-state index contributed by atoms with van der Waals surface area (Å²) in [5.41, 5.74) is 6.98. The lowest BCUT2D eigenvalue weighted by molar-refractivity contribution is -0.133. The maximum atomic E-state index is 11.3. The number of aryl methyl sites for hydroxylation is 1. The van der Waals surface area contributed by atoms with Gasteiger partial charge in [0, 0.05) is 0 Å². The minimum Gasteiger partial charge on any atom is -0.481 e. The lowest BCUT2D eigenvalue weighted by Gasteiger charge is -2.14. The van der Waals surface area contributed by atoms with E-state index in [-0.39, 0.29) is 5.75 Å². The van der Waals surface area contributed by atoms with E-state index in [4.69, 9.17) is 10.8 Å². The Morgan fingerprint density at radius 2 is 2.06 bits per heavy atom. The fraction of sp³-hybridized carbons (Fsp3) is 0.273. The van der Waals surface area contributed by atoms with E-state index in [0.29, 0.717) is 0 Å². The van der Waals surface area contributed by atoms with Crippen LogP contribution in [0, 0.1) is 6.92 Å². The molecule has 86 valence electrons. The predicted molar refractivity (Wildman–Crippen MR) is 63.2 cm³/mol. The topological polar surface area (TPSA) is 80.4 Å². The Hall–Kier alpha value is -1.49. The lowest BCUT2D eigenvalue weighted by atomic mass is 10.1. The Balaban J connectivity index is 2.90. The van der Waals surface area contributed by atoms with Crippen molar-refractivity contribution in [2.45, 2.75) is 12.2 Å². The molecule has 1 atom stereocenters. The smallest absolute Gasteiger partial charge is 0.313 e. The number of carboxylic acids is 1. The summed E-state index contributed by atoms with van der Waals surface area (Å²) in [7, 11) is 0. The van der Waals surface area contributed by atoms with Crippen molar-refractivity contribution in [2.24, 2.45) is 5.73 Å². The molecule has 1 amide bonds. The van der Waals surface area contributed by atoms with Gasteiger partial charge in [-0.1, -0.05) is 24.3 Å². The van der Waals surface area contributed by atoms with Crippen LogP contribution in [0.1, 0.15) is 16.4 Å². The van der Waals surface area contributed by atoms with Crippen LogP contribution in [0.2, 0.25) is 0 Å². The summed E-state index contributed by atoms with van der Waals surface area (Å²) in [6, 6.07) is 7.32. The quantitative estimate of drug-likeness (QED) is 0.812. The molecule has 0 radical (unpaired) electrons. The molecule has 0 aromatic heterocycles. The van der Waals surface area contributed by atoms with E-state index in [9.17, 15) is 9.59 Å². The van der Waals surface area contributed by atoms with Crippen LogP contribution in [0.25, 0.3) is 0 Å². The summed E-state index contributed by atoms with van der Waals surface area (Å²) in [6.45, 7) is 1.87. The zero-order chi connectivity index (χ0) is 12.1. The van der Waals surface area contributed by atoms with Crippen LogP contribution in [-0.4, -0.2) is 22.7 Å². The van der Waals surface area contributed by atoms with Crippen molar-refractivity contribution in [3.63, 3.8) is 0 Å². The molecule has 0 aliphatic carbocycles. The van der Waals surface area contributed by atoms with Gasteiger partial charge in [-0.3, -0.25) is 9.59 Å². The highest BCUT2D eigenvalue weighted by Gasteiger charge is 2.20. The number of carbonyl (C=O) groups excluding carboxylic acids is 1. The number of carbonyl (C=O) groups is 2. The second-order valence-electron chi connectivity index (χ2n) is 3.34. The van der Waals surface area contributed by atoms with Gasteiger partial charge in [0.05, 0.1) is 5.75 Å². The van der Waals surface area contributed by atoms with Gasteiger partial charge in [0.2, 0.25) is 5.91 Å². The van der Waals surface area contributed by atoms with Gasteiger partial charge < -0.3 is 10.8 Å². The maximum absolute atomic E-state index is 11.3. The van der Waals surface area contributed by atoms with Crippen molar-refractivity contribution in [1.29, 1.82) is 0 Å². The van der Waals surface area contributed by atoms with Crippen LogP contribution in [-0.2, 0) is 9.59 Å². The van der Waals surface area contributed by atoms with E-state index < -0.39 is 17.1 Å². The normalized spacial score (nSPS) is 12.1. The minimum absolute atomic E-state index is 0.137. The molecule has 1 aromatic carbocycles. The number of thioether (sulfide) groups is 1. The molecule has 0 saturated heterocycles. The van der Waals surface area contributed by atoms with E-state index in [1.165, 1.54) is 0 Å². The highest BCUT2D eigenvalue weighted by Crippen LogP contribution is 2.30. The summed E-state index contributed by atoms with van der Waals surface area (Å²) in [5.74, 6) is -1.60. The number of nitrogens with two attached hydrogens (primary N) is 1. The van der Waals surface area contributed by atoms with Gasteiger partial charge in [0.25, 0.3) is 0 Å². The van der Waals surface area contributed by atoms with Crippen LogP contribution >= 0.6 is 11.8 Å². The molecule has 0 aliphatic heterocycles. The first kappa shape index (κ1) is 12.6. The molecule has 4 nitrogen and oxygen atoms in total. The van der Waals surface area contributed by atoms with Crippen molar-refractivity contribution in [2.75, 3.05) is 5.75 Å². The number of benzene rings is 1. The summed E-state index contributed by atoms with van der Waals surface area (Å²) < 4.78 is 0. The average molecular weight is 239 g/mol. The number of aliphatic carboxylic acids is 1. The number of rotatable bonds is 5. The molecule has 0 heterocycles. The number of amides is 1. The summed E-state index contributed by atoms with van der Waals surface area (Å²) in [4.78, 5) is 21.7. The Morgan fingerprint density at radius 3 is 2.56 bits per heavy atom. The lowest BCUT2D eigenvalue weighted by Crippen LogP contribution is -2.21. The number of hydrogen-bond donors (Lipinski definition) is 2. The van der Waals surface area contributed by atoms with E-state index >= 15 is 0 Å². The van der Waals surface area contributed by atoms with Crippen molar-refractivity contribution >= 4 is 23.6 Å². The Labute approximate surface area is 97.8 Å². The Bertz CT molecular complexity index is 406. The SMILES string of the molecule is Cc1ccccc1C(SCC(=O)O)C(N)=O. The van der Waals surface area contributed by atoms with Crippen molar-refractivity contribution in [3.05, 3.63) is 35.4 Å². The molecule has 16 heavy (non-hydrogen) atoms. The first-order valence-electron chi connectivity index (χ1n) is 4.70. The third-order valence-corrected chi connectivity index (χ3v) is 3.34. The monoisotopic (exact) mass is 239 g/mol. The highest BCUT2D eigenvalue weighted by molar-refractivity contribution is 8.00. The zero-order valence-corrected chi connectivity index (χ0v) is 9.66. The van der Waals surface area contributed by atoms with Crippen LogP contribution in [0.15, 0.2) is 24.3 Å². The fourth-order valence-electron chi connectivity index (χ4n) is 1.36. The van der Waals surface area contributed by atoms with E-state index in [0.717, 1.165) is 22.9 Å². The van der Waals surface area contributed by atoms with E-state index in [2.05, 4.69) is 0 Å². The zero-order valence-electron chi connectivity index (χ0n) is 8.84. The van der Waals surface area contributed by atoms with Crippen LogP contribution in [0.5, 0.6) is 0 Å². The second-order valence-corrected chi connectivity index (χ2v) is 4.44. The summed E-state index contributed by atoms with van der Waals surface area (Å²) in [6.07, 6.45) is 0. The maximum Gasteiger partial charge on any atom is 0.313 e. The second kappa shape index (κ2) is 5.55. The van der Waals surface area contributed by atoms with Gasteiger partial charge in [-0.15, -0.1) is 11.8 Å². The highest BCUT2D eigenvalue weighted by atomic mass is 32.2. The number of carboxylic acid groups (broad SMARTS) is 1. The van der Waals surface area contributed by atoms with Crippen molar-refractivity contribution in [1.82, 2.24) is 0 Å². The molecular weight excluding hydrogens is 226 g/mol. The van der Waals surface area contributed by atoms with Gasteiger partial charge in [-0.05, 0) is 18.1 Å². The molecule has 1 rings (SSSR count). The third-order valence-electron chi connectivity index (χ3n) is 2.10. The first-order chi connectivity index (χ1) is 7.52. The molecule has 0 spiro atoms. The third kappa shape index (κ3) is 3.27. The van der Waals surface area contributed by atoms with E-state index in [1.807, 2.05) is 19.1 Å². The average Bonchev–Trinajstić information content (AvgIpc) is 2.20. The number of primary amides is 1. The van der Waals surface area contributed by atoms with Crippen LogP contribution in [0.4, 0.5) is 0 Å². The molecule has 5 heteroatoms. The number of hydrogen-bond acceptors (Lipinski definition) is 3. The van der Waals surface area contributed by atoms with Gasteiger partial charge in [-0.2, -0.15) is 0 Å². The minimum atomic E-state index is -0.954. The van der Waals surface area contributed by atoms with Crippen LogP contribution in [0.3, 0.4) is 0 Å². The first-order valence-corrected chi connectivity index (χ1v) is 5.75. The molecule has 1 unspecified atom stereocenters. The van der Waals surface area contributed by atoms with Gasteiger partial charge in [0.15, 0.2) is 0 Å². The molecule has 1 aromatic rings. The van der Waals surface area contributed by atoms with Crippen LogP contribution < -0.4 is 5.73 Å². The van der Waals surface area contributed by atoms with Crippen molar-refractivity contribution in [3.8, 4) is 0 Å².